The number of aromatic amines is 1. The SMILES string of the molecule is CCc1cc(NS(=O)(=O)c2cc(Cl)ccc2C)n[nH]1. The van der Waals surface area contributed by atoms with Crippen molar-refractivity contribution in [2.24, 2.45) is 0 Å². The van der Waals surface area contributed by atoms with Crippen LogP contribution in [0.3, 0.4) is 0 Å². The Kier molecular flexibility index (Phi) is 3.82. The van der Waals surface area contributed by atoms with Gasteiger partial charge in [0.05, 0.1) is 4.90 Å². The maximum Gasteiger partial charge on any atom is 0.263 e. The molecule has 0 radical (unpaired) electrons. The molecule has 0 atom stereocenters. The Labute approximate surface area is 117 Å². The van der Waals surface area contributed by atoms with Crippen LogP contribution in [0.15, 0.2) is 29.2 Å². The summed E-state index contributed by atoms with van der Waals surface area (Å²) in [4.78, 5) is 0.154. The number of benzene rings is 1. The molecule has 2 rings (SSSR count). The van der Waals surface area contributed by atoms with E-state index in [1.165, 1.54) is 6.07 Å². The molecule has 1 aromatic heterocycles. The van der Waals surface area contributed by atoms with Gasteiger partial charge in [-0.1, -0.05) is 24.6 Å². The molecule has 0 saturated heterocycles. The van der Waals surface area contributed by atoms with Gasteiger partial charge in [0.25, 0.3) is 10.0 Å². The van der Waals surface area contributed by atoms with Gasteiger partial charge in [0.15, 0.2) is 5.82 Å². The third kappa shape index (κ3) is 3.08. The van der Waals surface area contributed by atoms with Crippen molar-refractivity contribution in [2.75, 3.05) is 4.72 Å². The summed E-state index contributed by atoms with van der Waals surface area (Å²) in [7, 11) is -3.68. The van der Waals surface area contributed by atoms with Crippen molar-refractivity contribution in [3.8, 4) is 0 Å². The average molecular weight is 300 g/mol. The Hall–Kier alpha value is -1.53. The first-order chi connectivity index (χ1) is 8.92. The van der Waals surface area contributed by atoms with Crippen molar-refractivity contribution >= 4 is 27.4 Å². The minimum atomic E-state index is -3.68. The molecule has 0 aliphatic carbocycles. The smallest absolute Gasteiger partial charge is 0.263 e. The third-order valence-corrected chi connectivity index (χ3v) is 4.42. The number of hydrogen-bond donors (Lipinski definition) is 2. The summed E-state index contributed by atoms with van der Waals surface area (Å²) >= 11 is 5.84. The van der Waals surface area contributed by atoms with E-state index in [1.54, 1.807) is 25.1 Å². The number of halogens is 1. The number of hydrogen-bond acceptors (Lipinski definition) is 3. The first-order valence-electron chi connectivity index (χ1n) is 5.75. The van der Waals surface area contributed by atoms with E-state index in [4.69, 9.17) is 11.6 Å². The van der Waals surface area contributed by atoms with Gasteiger partial charge < -0.3 is 0 Å². The molecule has 1 heterocycles. The van der Waals surface area contributed by atoms with Crippen molar-refractivity contribution in [1.29, 1.82) is 0 Å². The number of aromatic nitrogens is 2. The summed E-state index contributed by atoms with van der Waals surface area (Å²) in [6, 6.07) is 6.41. The molecular formula is C12H14ClN3O2S. The quantitative estimate of drug-likeness (QED) is 0.911. The van der Waals surface area contributed by atoms with Crippen LogP contribution in [0.25, 0.3) is 0 Å². The van der Waals surface area contributed by atoms with Gasteiger partial charge in [-0.25, -0.2) is 8.42 Å². The number of anilines is 1. The lowest BCUT2D eigenvalue weighted by molar-refractivity contribution is 0.600. The lowest BCUT2D eigenvalue weighted by Crippen LogP contribution is -2.14. The standard InChI is InChI=1S/C12H14ClN3O2S/c1-3-10-7-12(15-14-10)16-19(17,18)11-6-9(13)5-4-8(11)2/h4-7H,3H2,1-2H3,(H2,14,15,16). The maximum absolute atomic E-state index is 12.2. The second-order valence-electron chi connectivity index (χ2n) is 4.15. The van der Waals surface area contributed by atoms with E-state index >= 15 is 0 Å². The number of nitrogens with zero attached hydrogens (tertiary/aromatic N) is 1. The highest BCUT2D eigenvalue weighted by Crippen LogP contribution is 2.22. The summed E-state index contributed by atoms with van der Waals surface area (Å²) in [6.45, 7) is 3.67. The van der Waals surface area contributed by atoms with Crippen molar-refractivity contribution < 1.29 is 8.42 Å². The third-order valence-electron chi connectivity index (χ3n) is 2.69. The molecule has 0 spiro atoms. The van der Waals surface area contributed by atoms with Gasteiger partial charge in [0.2, 0.25) is 0 Å². The Bertz CT molecular complexity index is 695. The number of H-pyrrole nitrogens is 1. The zero-order valence-corrected chi connectivity index (χ0v) is 12.1. The van der Waals surface area contributed by atoms with Crippen LogP contribution >= 0.6 is 11.6 Å². The predicted molar refractivity (Wildman–Crippen MR) is 75.0 cm³/mol. The Morgan fingerprint density at radius 1 is 1.37 bits per heavy atom. The summed E-state index contributed by atoms with van der Waals surface area (Å²) in [5.41, 5.74) is 1.49. The van der Waals surface area contributed by atoms with E-state index < -0.39 is 10.0 Å². The Balaban J connectivity index is 2.34. The van der Waals surface area contributed by atoms with E-state index in [2.05, 4.69) is 14.9 Å². The lowest BCUT2D eigenvalue weighted by Gasteiger charge is -2.08. The molecule has 0 fully saturated rings. The fraction of sp³-hybridized carbons (Fsp3) is 0.250. The van der Waals surface area contributed by atoms with Crippen LogP contribution in [0.2, 0.25) is 5.02 Å². The van der Waals surface area contributed by atoms with Gasteiger partial charge in [-0.3, -0.25) is 9.82 Å². The molecule has 0 unspecified atom stereocenters. The van der Waals surface area contributed by atoms with Crippen molar-refractivity contribution in [3.05, 3.63) is 40.5 Å². The van der Waals surface area contributed by atoms with Crippen LogP contribution in [0.1, 0.15) is 18.2 Å². The minimum Gasteiger partial charge on any atom is -0.280 e. The van der Waals surface area contributed by atoms with E-state index in [1.807, 2.05) is 6.92 Å². The highest BCUT2D eigenvalue weighted by molar-refractivity contribution is 7.92. The topological polar surface area (TPSA) is 74.8 Å². The number of rotatable bonds is 4. The largest absolute Gasteiger partial charge is 0.280 e. The molecule has 0 amide bonds. The maximum atomic E-state index is 12.2. The molecule has 7 heteroatoms. The van der Waals surface area contributed by atoms with Crippen LogP contribution in [0.5, 0.6) is 0 Å². The second kappa shape index (κ2) is 5.22. The normalized spacial score (nSPS) is 11.5. The van der Waals surface area contributed by atoms with Gasteiger partial charge in [-0.05, 0) is 31.0 Å². The van der Waals surface area contributed by atoms with Gasteiger partial charge in [-0.2, -0.15) is 5.10 Å². The monoisotopic (exact) mass is 299 g/mol. The molecule has 5 nitrogen and oxygen atoms in total. The molecule has 19 heavy (non-hydrogen) atoms. The van der Waals surface area contributed by atoms with Crippen LogP contribution in [-0.2, 0) is 16.4 Å². The van der Waals surface area contributed by atoms with Crippen LogP contribution in [-0.4, -0.2) is 18.6 Å². The fourth-order valence-electron chi connectivity index (χ4n) is 1.65. The van der Waals surface area contributed by atoms with E-state index in [-0.39, 0.29) is 10.7 Å². The van der Waals surface area contributed by atoms with Gasteiger partial charge in [0.1, 0.15) is 0 Å². The first kappa shape index (κ1) is 13.9. The molecular weight excluding hydrogens is 286 g/mol. The second-order valence-corrected chi connectivity index (χ2v) is 6.23. The fourth-order valence-corrected chi connectivity index (χ4v) is 3.15. The number of aryl methyl sites for hydroxylation is 2. The summed E-state index contributed by atoms with van der Waals surface area (Å²) in [6.07, 6.45) is 0.755. The molecule has 2 aromatic rings. The van der Waals surface area contributed by atoms with Crippen LogP contribution < -0.4 is 4.72 Å². The van der Waals surface area contributed by atoms with Crippen molar-refractivity contribution in [3.63, 3.8) is 0 Å². The van der Waals surface area contributed by atoms with E-state index in [0.29, 0.717) is 10.6 Å². The molecule has 0 aliphatic heterocycles. The van der Waals surface area contributed by atoms with Gasteiger partial charge >= 0.3 is 0 Å². The molecule has 0 aliphatic rings. The average Bonchev–Trinajstić information content (AvgIpc) is 2.79. The van der Waals surface area contributed by atoms with Crippen molar-refractivity contribution in [1.82, 2.24) is 10.2 Å². The summed E-state index contributed by atoms with van der Waals surface area (Å²) < 4.78 is 26.9. The minimum absolute atomic E-state index is 0.154. The molecule has 102 valence electrons. The predicted octanol–water partition coefficient (Wildman–Crippen LogP) is 2.73. The lowest BCUT2D eigenvalue weighted by atomic mass is 10.2. The van der Waals surface area contributed by atoms with Crippen LogP contribution in [0, 0.1) is 6.92 Å². The molecule has 1 aromatic carbocycles. The number of sulfonamides is 1. The zero-order valence-electron chi connectivity index (χ0n) is 10.6. The summed E-state index contributed by atoms with van der Waals surface area (Å²) in [5, 5.41) is 7.03. The summed E-state index contributed by atoms with van der Waals surface area (Å²) in [5.74, 6) is 0.274. The molecule has 2 N–H and O–H groups in total. The van der Waals surface area contributed by atoms with E-state index in [0.717, 1.165) is 12.1 Å². The van der Waals surface area contributed by atoms with Gasteiger partial charge in [-0.15, -0.1) is 0 Å². The molecule has 0 saturated carbocycles. The highest BCUT2D eigenvalue weighted by atomic mass is 35.5. The molecule has 0 bridgehead atoms. The van der Waals surface area contributed by atoms with Crippen molar-refractivity contribution in [2.45, 2.75) is 25.2 Å². The highest BCUT2D eigenvalue weighted by Gasteiger charge is 2.18. The zero-order chi connectivity index (χ0) is 14.0. The van der Waals surface area contributed by atoms with E-state index in [9.17, 15) is 8.42 Å². The Morgan fingerprint density at radius 2 is 2.11 bits per heavy atom. The van der Waals surface area contributed by atoms with Crippen LogP contribution in [0.4, 0.5) is 5.82 Å². The Morgan fingerprint density at radius 3 is 2.74 bits per heavy atom. The first-order valence-corrected chi connectivity index (χ1v) is 7.61. The number of nitrogens with one attached hydrogen (secondary N) is 2. The van der Waals surface area contributed by atoms with Gasteiger partial charge in [0, 0.05) is 16.8 Å².